The van der Waals surface area contributed by atoms with Crippen molar-refractivity contribution in [3.63, 3.8) is 0 Å². The van der Waals surface area contributed by atoms with E-state index in [0.717, 1.165) is 11.3 Å². The number of anilines is 1. The molecule has 1 atom stereocenters. The van der Waals surface area contributed by atoms with E-state index < -0.39 is 23.7 Å². The summed E-state index contributed by atoms with van der Waals surface area (Å²) in [6.45, 7) is 2.38. The minimum atomic E-state index is -0.708. The summed E-state index contributed by atoms with van der Waals surface area (Å²) >= 11 is 0. The first kappa shape index (κ1) is 17.8. The summed E-state index contributed by atoms with van der Waals surface area (Å²) in [5, 5.41) is 3.30. The predicted molar refractivity (Wildman–Crippen MR) is 104 cm³/mol. The predicted octanol–water partition coefficient (Wildman–Crippen LogP) is 2.86. The zero-order chi connectivity index (χ0) is 19.7. The summed E-state index contributed by atoms with van der Waals surface area (Å²) in [6, 6.07) is 16.0. The third-order valence-corrected chi connectivity index (χ3v) is 4.60. The van der Waals surface area contributed by atoms with Crippen LogP contribution in [0.2, 0.25) is 0 Å². The van der Waals surface area contributed by atoms with Crippen molar-refractivity contribution in [2.75, 3.05) is 18.0 Å². The SMILES string of the molecule is Cc1ccc(N2C[C@@H](CNC(=O)c3cc4ccccc4oc3=O)OC2=O)cc1. The Labute approximate surface area is 160 Å². The monoisotopic (exact) mass is 378 g/mol. The van der Waals surface area contributed by atoms with E-state index in [1.165, 1.54) is 11.0 Å². The van der Waals surface area contributed by atoms with Crippen molar-refractivity contribution in [2.45, 2.75) is 13.0 Å². The van der Waals surface area contributed by atoms with Crippen molar-refractivity contribution in [3.05, 3.63) is 76.1 Å². The minimum Gasteiger partial charge on any atom is -0.442 e. The molecule has 1 fully saturated rings. The lowest BCUT2D eigenvalue weighted by atomic mass is 10.2. The molecule has 0 spiro atoms. The lowest BCUT2D eigenvalue weighted by Crippen LogP contribution is -2.36. The molecular formula is C21H18N2O5. The van der Waals surface area contributed by atoms with Crippen LogP contribution in [0.15, 0.2) is 63.8 Å². The summed E-state index contributed by atoms with van der Waals surface area (Å²) in [6.07, 6.45) is -0.974. The van der Waals surface area contributed by atoms with Crippen molar-refractivity contribution >= 4 is 28.7 Å². The minimum absolute atomic E-state index is 0.0848. The lowest BCUT2D eigenvalue weighted by Gasteiger charge is -2.13. The maximum absolute atomic E-state index is 12.4. The number of ether oxygens (including phenoxy) is 1. The fourth-order valence-corrected chi connectivity index (χ4v) is 3.09. The first-order valence-corrected chi connectivity index (χ1v) is 8.87. The van der Waals surface area contributed by atoms with Crippen LogP contribution in [-0.2, 0) is 4.74 Å². The second-order valence-corrected chi connectivity index (χ2v) is 6.65. The molecule has 142 valence electrons. The molecule has 7 nitrogen and oxygen atoms in total. The van der Waals surface area contributed by atoms with E-state index in [0.29, 0.717) is 17.5 Å². The Bertz CT molecular complexity index is 1100. The number of hydrogen-bond donors (Lipinski definition) is 1. The number of rotatable bonds is 4. The Morgan fingerprint density at radius 2 is 1.89 bits per heavy atom. The van der Waals surface area contributed by atoms with E-state index in [-0.39, 0.29) is 12.1 Å². The molecule has 1 saturated heterocycles. The molecule has 7 heteroatoms. The molecule has 2 amide bonds. The van der Waals surface area contributed by atoms with Gasteiger partial charge in [0.1, 0.15) is 17.3 Å². The number of amides is 2. The summed E-state index contributed by atoms with van der Waals surface area (Å²) < 4.78 is 10.5. The number of aryl methyl sites for hydroxylation is 1. The third-order valence-electron chi connectivity index (χ3n) is 4.60. The third kappa shape index (κ3) is 3.46. The number of nitrogens with one attached hydrogen (secondary N) is 1. The summed E-state index contributed by atoms with van der Waals surface area (Å²) in [5.41, 5.74) is 1.45. The number of fused-ring (bicyclic) bond motifs is 1. The van der Waals surface area contributed by atoms with Gasteiger partial charge >= 0.3 is 11.7 Å². The Morgan fingerprint density at radius 1 is 1.14 bits per heavy atom. The molecule has 1 aliphatic rings. The van der Waals surface area contributed by atoms with Crippen LogP contribution in [0.25, 0.3) is 11.0 Å². The van der Waals surface area contributed by atoms with Crippen LogP contribution in [0.1, 0.15) is 15.9 Å². The van der Waals surface area contributed by atoms with E-state index in [9.17, 15) is 14.4 Å². The Balaban J connectivity index is 1.43. The Hall–Kier alpha value is -3.61. The molecule has 4 rings (SSSR count). The van der Waals surface area contributed by atoms with Gasteiger partial charge in [-0.15, -0.1) is 0 Å². The zero-order valence-corrected chi connectivity index (χ0v) is 15.2. The molecule has 1 aromatic heterocycles. The number of para-hydroxylation sites is 1. The first-order valence-electron chi connectivity index (χ1n) is 8.87. The normalized spacial score (nSPS) is 16.2. The van der Waals surface area contributed by atoms with Gasteiger partial charge in [-0.3, -0.25) is 9.69 Å². The van der Waals surface area contributed by atoms with Crippen molar-refractivity contribution in [3.8, 4) is 0 Å². The number of carbonyl (C=O) groups excluding carboxylic acids is 2. The van der Waals surface area contributed by atoms with E-state index >= 15 is 0 Å². The van der Waals surface area contributed by atoms with E-state index in [1.807, 2.05) is 31.2 Å². The van der Waals surface area contributed by atoms with Gasteiger partial charge < -0.3 is 14.5 Å². The number of nitrogens with zero attached hydrogens (tertiary/aromatic N) is 1. The molecule has 2 aromatic carbocycles. The van der Waals surface area contributed by atoms with Gasteiger partial charge in [0.05, 0.1) is 13.1 Å². The molecule has 2 heterocycles. The van der Waals surface area contributed by atoms with Gasteiger partial charge in [-0.25, -0.2) is 9.59 Å². The van der Waals surface area contributed by atoms with Crippen LogP contribution < -0.4 is 15.8 Å². The highest BCUT2D eigenvalue weighted by molar-refractivity contribution is 5.96. The first-order chi connectivity index (χ1) is 13.5. The van der Waals surface area contributed by atoms with Crippen LogP contribution in [0.3, 0.4) is 0 Å². The van der Waals surface area contributed by atoms with E-state index in [1.54, 1.807) is 24.3 Å². The van der Waals surface area contributed by atoms with Crippen molar-refractivity contribution < 1.29 is 18.7 Å². The van der Waals surface area contributed by atoms with Gasteiger partial charge in [-0.1, -0.05) is 35.9 Å². The fourth-order valence-electron chi connectivity index (χ4n) is 3.09. The summed E-state index contributed by atoms with van der Waals surface area (Å²) in [4.78, 5) is 38.1. The van der Waals surface area contributed by atoms with Gasteiger partial charge in [0.2, 0.25) is 0 Å². The van der Waals surface area contributed by atoms with Crippen LogP contribution in [0.4, 0.5) is 10.5 Å². The second-order valence-electron chi connectivity index (χ2n) is 6.65. The van der Waals surface area contributed by atoms with Gasteiger partial charge in [0, 0.05) is 11.1 Å². The molecule has 28 heavy (non-hydrogen) atoms. The average Bonchev–Trinajstić information content (AvgIpc) is 3.07. The highest BCUT2D eigenvalue weighted by Crippen LogP contribution is 2.21. The van der Waals surface area contributed by atoms with Gasteiger partial charge in [0.25, 0.3) is 5.91 Å². The molecule has 0 bridgehead atoms. The summed E-state index contributed by atoms with van der Waals surface area (Å²) in [5.74, 6) is -0.565. The van der Waals surface area contributed by atoms with E-state index in [4.69, 9.17) is 9.15 Å². The Morgan fingerprint density at radius 3 is 2.68 bits per heavy atom. The highest BCUT2D eigenvalue weighted by atomic mass is 16.6. The molecule has 0 saturated carbocycles. The molecular weight excluding hydrogens is 360 g/mol. The van der Waals surface area contributed by atoms with Gasteiger partial charge in [-0.2, -0.15) is 0 Å². The number of benzene rings is 2. The highest BCUT2D eigenvalue weighted by Gasteiger charge is 2.32. The second kappa shape index (κ2) is 7.19. The molecule has 0 aliphatic carbocycles. The van der Waals surface area contributed by atoms with Crippen molar-refractivity contribution in [1.82, 2.24) is 5.32 Å². The average molecular weight is 378 g/mol. The largest absolute Gasteiger partial charge is 0.442 e. The van der Waals surface area contributed by atoms with Crippen LogP contribution >= 0.6 is 0 Å². The molecule has 3 aromatic rings. The standard InChI is InChI=1S/C21H18N2O5/c1-13-6-8-15(9-7-13)23-12-16(27-21(23)26)11-22-19(24)17-10-14-4-2-3-5-18(14)28-20(17)25/h2-10,16H,11-12H2,1H3,(H,22,24)/t16-/m1/s1. The quantitative estimate of drug-likeness (QED) is 0.705. The van der Waals surface area contributed by atoms with Crippen molar-refractivity contribution in [1.29, 1.82) is 0 Å². The van der Waals surface area contributed by atoms with Crippen LogP contribution in [0.5, 0.6) is 0 Å². The number of cyclic esters (lactones) is 1. The molecule has 0 unspecified atom stereocenters. The topological polar surface area (TPSA) is 88.8 Å². The van der Waals surface area contributed by atoms with Gasteiger partial charge in [-0.05, 0) is 31.2 Å². The Kier molecular flexibility index (Phi) is 4.57. The van der Waals surface area contributed by atoms with E-state index in [2.05, 4.69) is 5.32 Å². The maximum Gasteiger partial charge on any atom is 0.414 e. The smallest absolute Gasteiger partial charge is 0.414 e. The summed E-state index contributed by atoms with van der Waals surface area (Å²) in [7, 11) is 0. The van der Waals surface area contributed by atoms with Gasteiger partial charge in [0.15, 0.2) is 0 Å². The number of hydrogen-bond acceptors (Lipinski definition) is 5. The van der Waals surface area contributed by atoms with Crippen LogP contribution in [-0.4, -0.2) is 31.2 Å². The fraction of sp³-hybridized carbons (Fsp3) is 0.190. The van der Waals surface area contributed by atoms with Crippen LogP contribution in [0, 0.1) is 6.92 Å². The zero-order valence-electron chi connectivity index (χ0n) is 15.2. The maximum atomic E-state index is 12.4. The lowest BCUT2D eigenvalue weighted by molar-refractivity contribution is 0.0912. The number of carbonyl (C=O) groups is 2. The van der Waals surface area contributed by atoms with Crippen molar-refractivity contribution in [2.24, 2.45) is 0 Å². The molecule has 0 radical (unpaired) electrons. The molecule has 1 aliphatic heterocycles. The molecule has 1 N–H and O–H groups in total.